The monoisotopic (exact) mass is 384 g/mol. The summed E-state index contributed by atoms with van der Waals surface area (Å²) in [6, 6.07) is 10.1. The lowest BCUT2D eigenvalue weighted by atomic mass is 10.1. The first kappa shape index (κ1) is 22.4. The maximum Gasteiger partial charge on any atom is 0.211 e. The van der Waals surface area contributed by atoms with Crippen LogP contribution in [0.15, 0.2) is 35.3 Å². The van der Waals surface area contributed by atoms with Gasteiger partial charge in [-0.1, -0.05) is 30.3 Å². The average Bonchev–Trinajstić information content (AvgIpc) is 2.65. The van der Waals surface area contributed by atoms with E-state index in [1.165, 1.54) is 5.56 Å². The van der Waals surface area contributed by atoms with Crippen LogP contribution in [0.25, 0.3) is 0 Å². The number of aliphatic imine (C=N–C) groups is 1. The lowest BCUT2D eigenvalue weighted by molar-refractivity contribution is 0.0652. The highest BCUT2D eigenvalue weighted by Gasteiger charge is 2.06. The van der Waals surface area contributed by atoms with Crippen LogP contribution in [0.5, 0.6) is 0 Å². The minimum Gasteiger partial charge on any atom is -0.374 e. The topological polar surface area (TPSA) is 91.8 Å². The van der Waals surface area contributed by atoms with E-state index in [1.807, 2.05) is 32.0 Å². The molecule has 0 spiro atoms. The molecule has 0 amide bonds. The molecule has 0 aromatic heterocycles. The first-order valence-electron chi connectivity index (χ1n) is 9.14. The lowest BCUT2D eigenvalue weighted by Crippen LogP contribution is -2.41. The molecule has 1 unspecified atom stereocenters. The Hall–Kier alpha value is -1.64. The maximum atomic E-state index is 11.4. The Kier molecular flexibility index (Phi) is 10.9. The van der Waals surface area contributed by atoms with Crippen LogP contribution >= 0.6 is 0 Å². The number of rotatable bonds is 12. The fourth-order valence-electron chi connectivity index (χ4n) is 2.17. The number of hydrogen-bond acceptors (Lipinski definition) is 4. The first-order valence-corrected chi connectivity index (χ1v) is 10.8. The Morgan fingerprint density at radius 1 is 1.15 bits per heavy atom. The molecule has 0 bridgehead atoms. The van der Waals surface area contributed by atoms with Crippen LogP contribution in [0.3, 0.4) is 0 Å². The van der Waals surface area contributed by atoms with Crippen molar-refractivity contribution in [2.75, 3.05) is 38.5 Å². The van der Waals surface area contributed by atoms with Crippen molar-refractivity contribution in [3.05, 3.63) is 35.9 Å². The zero-order valence-electron chi connectivity index (χ0n) is 16.0. The average molecular weight is 385 g/mol. The van der Waals surface area contributed by atoms with Gasteiger partial charge < -0.3 is 15.4 Å². The standard InChI is InChI=1S/C18H32N4O3S/c1-4-19-18(21-13-14-22-26(23,24)5-2)20-12-9-15-25-16(3)17-10-7-6-8-11-17/h6-8,10-11,16,22H,4-5,9,12-15H2,1-3H3,(H2,19,20,21). The molecule has 0 radical (unpaired) electrons. The van der Waals surface area contributed by atoms with E-state index in [-0.39, 0.29) is 11.9 Å². The molecule has 1 aromatic rings. The molecule has 1 aromatic carbocycles. The summed E-state index contributed by atoms with van der Waals surface area (Å²) >= 11 is 0. The van der Waals surface area contributed by atoms with E-state index in [1.54, 1.807) is 6.92 Å². The van der Waals surface area contributed by atoms with Crippen LogP contribution in [0.1, 0.15) is 38.9 Å². The van der Waals surface area contributed by atoms with Gasteiger partial charge in [0, 0.05) is 32.8 Å². The highest BCUT2D eigenvalue weighted by molar-refractivity contribution is 7.89. The highest BCUT2D eigenvalue weighted by atomic mass is 32.2. The molecule has 0 aliphatic heterocycles. The normalized spacial score (nSPS) is 13.4. The van der Waals surface area contributed by atoms with Crippen molar-refractivity contribution in [2.24, 2.45) is 4.99 Å². The molecule has 1 rings (SSSR count). The number of hydrogen-bond donors (Lipinski definition) is 3. The smallest absolute Gasteiger partial charge is 0.211 e. The van der Waals surface area contributed by atoms with E-state index in [0.717, 1.165) is 13.0 Å². The van der Waals surface area contributed by atoms with Crippen molar-refractivity contribution in [3.8, 4) is 0 Å². The summed E-state index contributed by atoms with van der Waals surface area (Å²) in [4.78, 5) is 4.47. The second-order valence-corrected chi connectivity index (χ2v) is 7.86. The molecule has 0 aliphatic rings. The summed E-state index contributed by atoms with van der Waals surface area (Å²) in [5.74, 6) is 0.766. The second kappa shape index (κ2) is 12.7. The number of sulfonamides is 1. The van der Waals surface area contributed by atoms with Crippen LogP contribution in [0.2, 0.25) is 0 Å². The van der Waals surface area contributed by atoms with Crippen molar-refractivity contribution < 1.29 is 13.2 Å². The van der Waals surface area contributed by atoms with E-state index in [9.17, 15) is 8.42 Å². The Morgan fingerprint density at radius 3 is 2.54 bits per heavy atom. The summed E-state index contributed by atoms with van der Waals surface area (Å²) in [5.41, 5.74) is 1.17. The molecule has 26 heavy (non-hydrogen) atoms. The molecule has 8 heteroatoms. The number of ether oxygens (including phenoxy) is 1. The molecular weight excluding hydrogens is 352 g/mol. The number of nitrogens with one attached hydrogen (secondary N) is 3. The third-order valence-electron chi connectivity index (χ3n) is 3.67. The van der Waals surface area contributed by atoms with Gasteiger partial charge in [0.15, 0.2) is 5.96 Å². The molecule has 1 atom stereocenters. The molecular formula is C18H32N4O3S. The fraction of sp³-hybridized carbons (Fsp3) is 0.611. The molecule has 148 valence electrons. The first-order chi connectivity index (χ1) is 12.5. The van der Waals surface area contributed by atoms with Gasteiger partial charge in [-0.2, -0.15) is 0 Å². The quantitative estimate of drug-likeness (QED) is 0.290. The largest absolute Gasteiger partial charge is 0.374 e. The third-order valence-corrected chi connectivity index (χ3v) is 5.08. The second-order valence-electron chi connectivity index (χ2n) is 5.76. The van der Waals surface area contributed by atoms with Gasteiger partial charge in [-0.05, 0) is 32.8 Å². The van der Waals surface area contributed by atoms with E-state index in [4.69, 9.17) is 4.74 Å². The van der Waals surface area contributed by atoms with Crippen LogP contribution in [0.4, 0.5) is 0 Å². The van der Waals surface area contributed by atoms with Crippen molar-refractivity contribution in [3.63, 3.8) is 0 Å². The Morgan fingerprint density at radius 2 is 1.88 bits per heavy atom. The number of guanidine groups is 1. The van der Waals surface area contributed by atoms with Crippen molar-refractivity contribution >= 4 is 16.0 Å². The van der Waals surface area contributed by atoms with Gasteiger partial charge in [-0.25, -0.2) is 13.1 Å². The van der Waals surface area contributed by atoms with Gasteiger partial charge in [-0.15, -0.1) is 0 Å². The van der Waals surface area contributed by atoms with Gasteiger partial charge in [0.05, 0.1) is 11.9 Å². The zero-order chi connectivity index (χ0) is 19.3. The van der Waals surface area contributed by atoms with Crippen LogP contribution in [0, 0.1) is 0 Å². The van der Waals surface area contributed by atoms with Gasteiger partial charge in [-0.3, -0.25) is 4.99 Å². The van der Waals surface area contributed by atoms with Crippen LogP contribution < -0.4 is 15.4 Å². The van der Waals surface area contributed by atoms with Gasteiger partial charge in [0.1, 0.15) is 0 Å². The third kappa shape index (κ3) is 9.74. The molecule has 0 aliphatic carbocycles. The number of nitrogens with zero attached hydrogens (tertiary/aromatic N) is 1. The summed E-state index contributed by atoms with van der Waals surface area (Å²) in [5, 5.41) is 6.25. The Bertz CT molecular complexity index is 621. The lowest BCUT2D eigenvalue weighted by Gasteiger charge is -2.13. The van der Waals surface area contributed by atoms with Crippen LogP contribution in [-0.4, -0.2) is 52.9 Å². The van der Waals surface area contributed by atoms with E-state index in [2.05, 4.69) is 32.5 Å². The van der Waals surface area contributed by atoms with Gasteiger partial charge in [0.2, 0.25) is 10.0 Å². The predicted molar refractivity (Wildman–Crippen MR) is 107 cm³/mol. The van der Waals surface area contributed by atoms with Crippen LogP contribution in [-0.2, 0) is 14.8 Å². The van der Waals surface area contributed by atoms with Gasteiger partial charge >= 0.3 is 0 Å². The van der Waals surface area contributed by atoms with E-state index >= 15 is 0 Å². The van der Waals surface area contributed by atoms with E-state index in [0.29, 0.717) is 32.2 Å². The zero-order valence-corrected chi connectivity index (χ0v) is 16.8. The molecule has 0 saturated carbocycles. The molecule has 0 fully saturated rings. The molecule has 0 heterocycles. The predicted octanol–water partition coefficient (Wildman–Crippen LogP) is 1.65. The summed E-state index contributed by atoms with van der Waals surface area (Å²) < 4.78 is 31.1. The molecule has 0 saturated heterocycles. The minimum absolute atomic E-state index is 0.0677. The highest BCUT2D eigenvalue weighted by Crippen LogP contribution is 2.15. The molecule has 7 nitrogen and oxygen atoms in total. The maximum absolute atomic E-state index is 11.4. The SMILES string of the molecule is CCNC(=NCCCOC(C)c1ccccc1)NCCNS(=O)(=O)CC. The fourth-order valence-corrected chi connectivity index (χ4v) is 2.78. The summed E-state index contributed by atoms with van der Waals surface area (Å²) in [7, 11) is -3.15. The minimum atomic E-state index is -3.15. The van der Waals surface area contributed by atoms with Gasteiger partial charge in [0.25, 0.3) is 0 Å². The number of benzene rings is 1. The van der Waals surface area contributed by atoms with E-state index < -0.39 is 10.0 Å². The Labute approximate surface area is 157 Å². The summed E-state index contributed by atoms with van der Waals surface area (Å²) in [6.45, 7) is 8.47. The van der Waals surface area contributed by atoms with Crippen molar-refractivity contribution in [1.82, 2.24) is 15.4 Å². The molecule has 3 N–H and O–H groups in total. The van der Waals surface area contributed by atoms with Crippen molar-refractivity contribution in [2.45, 2.75) is 33.3 Å². The van der Waals surface area contributed by atoms with Crippen molar-refractivity contribution in [1.29, 1.82) is 0 Å². The Balaban J connectivity index is 2.26. The summed E-state index contributed by atoms with van der Waals surface area (Å²) in [6.07, 6.45) is 0.883.